The van der Waals surface area contributed by atoms with Crippen LogP contribution >= 0.6 is 0 Å². The molecule has 0 saturated heterocycles. The van der Waals surface area contributed by atoms with E-state index in [1.807, 2.05) is 30.3 Å². The number of anilines is 1. The maximum atomic E-state index is 10.2. The summed E-state index contributed by atoms with van der Waals surface area (Å²) >= 11 is 0. The number of phenols is 1. The zero-order valence-electron chi connectivity index (χ0n) is 19.0. The van der Waals surface area contributed by atoms with Gasteiger partial charge in [-0.3, -0.25) is 0 Å². The Hall–Kier alpha value is -3.74. The molecule has 0 unspecified atom stereocenters. The van der Waals surface area contributed by atoms with Crippen molar-refractivity contribution in [2.45, 2.75) is 18.9 Å². The molecule has 2 aliphatic heterocycles. The van der Waals surface area contributed by atoms with Gasteiger partial charge in [-0.1, -0.05) is 19.1 Å². The maximum absolute atomic E-state index is 10.2. The van der Waals surface area contributed by atoms with Crippen LogP contribution in [0.1, 0.15) is 35.6 Å². The van der Waals surface area contributed by atoms with Gasteiger partial charge in [0.25, 0.3) is 0 Å². The predicted octanol–water partition coefficient (Wildman–Crippen LogP) is 5.08. The van der Waals surface area contributed by atoms with Crippen LogP contribution in [0.5, 0.6) is 34.5 Å². The summed E-state index contributed by atoms with van der Waals surface area (Å²) in [6.07, 6.45) is 0. The monoisotopic (exact) mass is 449 g/mol. The molecule has 0 aromatic heterocycles. The molecule has 0 aliphatic carbocycles. The second-order valence-electron chi connectivity index (χ2n) is 8.30. The number of ether oxygens (including phenoxy) is 5. The number of benzene rings is 3. The van der Waals surface area contributed by atoms with Crippen LogP contribution in [0.25, 0.3) is 0 Å². The second kappa shape index (κ2) is 8.31. The average Bonchev–Trinajstić information content (AvgIpc) is 3.30. The predicted molar refractivity (Wildman–Crippen MR) is 124 cm³/mol. The number of nitrogens with one attached hydrogen (secondary N) is 1. The van der Waals surface area contributed by atoms with Crippen molar-refractivity contribution in [3.63, 3.8) is 0 Å². The highest BCUT2D eigenvalue weighted by molar-refractivity contribution is 5.67. The molecule has 2 N–H and O–H groups in total. The Morgan fingerprint density at radius 3 is 2.21 bits per heavy atom. The van der Waals surface area contributed by atoms with E-state index in [0.717, 1.165) is 33.9 Å². The molecule has 3 aromatic carbocycles. The molecule has 33 heavy (non-hydrogen) atoms. The summed E-state index contributed by atoms with van der Waals surface area (Å²) in [6.45, 7) is 2.43. The topological polar surface area (TPSA) is 78.4 Å². The number of phenolic OH excluding ortho intramolecular Hbond substituents is 1. The standard InChI is InChI=1S/C26H27NO6/c1-14-25(15-5-7-19(28)21(9-15)30-3)17-11-23-24(33-13-32-23)12-18(17)27-26(14)16-6-8-20(29-2)22(10-16)31-4/h5-12,14,25-28H,13H2,1-4H3/t14-,25+,26-/m1/s1. The van der Waals surface area contributed by atoms with E-state index in [4.69, 9.17) is 23.7 Å². The van der Waals surface area contributed by atoms with Gasteiger partial charge < -0.3 is 34.1 Å². The van der Waals surface area contributed by atoms with E-state index in [1.54, 1.807) is 27.4 Å². The molecule has 0 saturated carbocycles. The number of rotatable bonds is 5. The lowest BCUT2D eigenvalue weighted by atomic mass is 9.73. The highest BCUT2D eigenvalue weighted by Crippen LogP contribution is 2.52. The average molecular weight is 450 g/mol. The molecular weight excluding hydrogens is 422 g/mol. The number of methoxy groups -OCH3 is 3. The van der Waals surface area contributed by atoms with Crippen LogP contribution < -0.4 is 29.0 Å². The molecule has 172 valence electrons. The van der Waals surface area contributed by atoms with Crippen molar-refractivity contribution in [1.82, 2.24) is 0 Å². The molecule has 2 aliphatic rings. The molecule has 3 atom stereocenters. The van der Waals surface area contributed by atoms with E-state index < -0.39 is 0 Å². The first kappa shape index (κ1) is 21.1. The van der Waals surface area contributed by atoms with Gasteiger partial charge in [0.05, 0.1) is 27.4 Å². The highest BCUT2D eigenvalue weighted by Gasteiger charge is 2.37. The van der Waals surface area contributed by atoms with E-state index in [-0.39, 0.29) is 30.4 Å². The molecule has 5 rings (SSSR count). The van der Waals surface area contributed by atoms with Crippen molar-refractivity contribution in [3.8, 4) is 34.5 Å². The molecule has 0 amide bonds. The van der Waals surface area contributed by atoms with Gasteiger partial charge in [-0.2, -0.15) is 0 Å². The van der Waals surface area contributed by atoms with Crippen molar-refractivity contribution in [3.05, 3.63) is 65.2 Å². The summed E-state index contributed by atoms with van der Waals surface area (Å²) in [4.78, 5) is 0. The van der Waals surface area contributed by atoms with Crippen LogP contribution in [-0.2, 0) is 0 Å². The molecule has 2 heterocycles. The minimum absolute atomic E-state index is 0.0116. The van der Waals surface area contributed by atoms with Gasteiger partial charge in [-0.05, 0) is 52.9 Å². The van der Waals surface area contributed by atoms with Crippen LogP contribution in [-0.4, -0.2) is 33.2 Å². The molecule has 7 nitrogen and oxygen atoms in total. The van der Waals surface area contributed by atoms with Gasteiger partial charge in [0.2, 0.25) is 6.79 Å². The van der Waals surface area contributed by atoms with E-state index >= 15 is 0 Å². The van der Waals surface area contributed by atoms with Crippen molar-refractivity contribution >= 4 is 5.69 Å². The zero-order valence-corrected chi connectivity index (χ0v) is 19.0. The van der Waals surface area contributed by atoms with Gasteiger partial charge in [0, 0.05) is 17.7 Å². The van der Waals surface area contributed by atoms with Crippen molar-refractivity contribution in [2.24, 2.45) is 5.92 Å². The van der Waals surface area contributed by atoms with Crippen molar-refractivity contribution < 1.29 is 28.8 Å². The summed E-state index contributed by atoms with van der Waals surface area (Å²) in [5.74, 6) is 3.56. The van der Waals surface area contributed by atoms with Crippen LogP contribution in [0.15, 0.2) is 48.5 Å². The van der Waals surface area contributed by atoms with E-state index in [2.05, 4.69) is 24.4 Å². The largest absolute Gasteiger partial charge is 0.504 e. The lowest BCUT2D eigenvalue weighted by molar-refractivity contribution is 0.174. The van der Waals surface area contributed by atoms with Gasteiger partial charge in [-0.25, -0.2) is 0 Å². The first-order valence-electron chi connectivity index (χ1n) is 10.8. The Morgan fingerprint density at radius 2 is 1.48 bits per heavy atom. The van der Waals surface area contributed by atoms with E-state index in [9.17, 15) is 5.11 Å². The molecule has 0 radical (unpaired) electrons. The molecule has 7 heteroatoms. The summed E-state index contributed by atoms with van der Waals surface area (Å²) in [6, 6.07) is 15.6. The normalized spacial score (nSPS) is 20.5. The lowest BCUT2D eigenvalue weighted by Crippen LogP contribution is -2.30. The van der Waals surface area contributed by atoms with Gasteiger partial charge in [-0.15, -0.1) is 0 Å². The molecule has 0 fully saturated rings. The molecule has 3 aromatic rings. The summed E-state index contributed by atoms with van der Waals surface area (Å²) in [5.41, 5.74) is 4.22. The summed E-state index contributed by atoms with van der Waals surface area (Å²) in [5, 5.41) is 13.9. The Bertz CT molecular complexity index is 1190. The van der Waals surface area contributed by atoms with Gasteiger partial charge >= 0.3 is 0 Å². The number of hydrogen-bond acceptors (Lipinski definition) is 7. The van der Waals surface area contributed by atoms with Crippen LogP contribution in [0, 0.1) is 5.92 Å². The highest BCUT2D eigenvalue weighted by atomic mass is 16.7. The first-order chi connectivity index (χ1) is 16.0. The van der Waals surface area contributed by atoms with Crippen LogP contribution in [0.3, 0.4) is 0 Å². The molecular formula is C26H27NO6. The number of hydrogen-bond donors (Lipinski definition) is 2. The third-order valence-electron chi connectivity index (χ3n) is 6.57. The smallest absolute Gasteiger partial charge is 0.231 e. The quantitative estimate of drug-likeness (QED) is 0.562. The lowest BCUT2D eigenvalue weighted by Gasteiger charge is -2.40. The van der Waals surface area contributed by atoms with Crippen LogP contribution in [0.4, 0.5) is 5.69 Å². The Morgan fingerprint density at radius 1 is 0.818 bits per heavy atom. The minimum Gasteiger partial charge on any atom is -0.504 e. The molecule has 0 bridgehead atoms. The second-order valence-corrected chi connectivity index (χ2v) is 8.30. The number of fused-ring (bicyclic) bond motifs is 2. The van der Waals surface area contributed by atoms with E-state index in [0.29, 0.717) is 17.2 Å². The minimum atomic E-state index is -0.0116. The fourth-order valence-corrected chi connectivity index (χ4v) is 4.92. The maximum Gasteiger partial charge on any atom is 0.231 e. The third-order valence-corrected chi connectivity index (χ3v) is 6.57. The van der Waals surface area contributed by atoms with Crippen molar-refractivity contribution in [2.75, 3.05) is 33.4 Å². The van der Waals surface area contributed by atoms with E-state index in [1.165, 1.54) is 0 Å². The zero-order chi connectivity index (χ0) is 23.1. The Balaban J connectivity index is 1.65. The Kier molecular flexibility index (Phi) is 5.32. The molecule has 0 spiro atoms. The van der Waals surface area contributed by atoms with Crippen molar-refractivity contribution in [1.29, 1.82) is 0 Å². The first-order valence-corrected chi connectivity index (χ1v) is 10.8. The SMILES string of the molecule is COc1cc([C@H]2c3cc4c(cc3N[C@@H](c3ccc(OC)c(OC)c3)[C@@H]2C)OCO4)ccc1O. The summed E-state index contributed by atoms with van der Waals surface area (Å²) in [7, 11) is 4.83. The van der Waals surface area contributed by atoms with Gasteiger partial charge in [0.1, 0.15) is 0 Å². The summed E-state index contributed by atoms with van der Waals surface area (Å²) < 4.78 is 27.7. The van der Waals surface area contributed by atoms with Crippen LogP contribution in [0.2, 0.25) is 0 Å². The van der Waals surface area contributed by atoms with Gasteiger partial charge in [0.15, 0.2) is 34.5 Å². The fraction of sp³-hybridized carbons (Fsp3) is 0.308. The number of aromatic hydroxyl groups is 1. The fourth-order valence-electron chi connectivity index (χ4n) is 4.92. The Labute approximate surface area is 192 Å². The third kappa shape index (κ3) is 3.53.